The number of fused-ring (bicyclic) bond motifs is 5. The third kappa shape index (κ3) is 3.41. The van der Waals surface area contributed by atoms with Gasteiger partial charge < -0.3 is 4.98 Å². The summed E-state index contributed by atoms with van der Waals surface area (Å²) >= 11 is 0. The summed E-state index contributed by atoms with van der Waals surface area (Å²) in [5.41, 5.74) is 9.09. The SMILES string of the molecule is [Pt+2].[c-]1ccccc1-c1cccc2c1nc1n(-c3[c-]c(-c4ccccn4)ccc3)c3ccccc3n21. The Kier molecular flexibility index (Phi) is 5.32. The summed E-state index contributed by atoms with van der Waals surface area (Å²) < 4.78 is 4.42. The number of hydrogen-bond donors (Lipinski definition) is 0. The van der Waals surface area contributed by atoms with E-state index in [1.165, 1.54) is 0 Å². The van der Waals surface area contributed by atoms with Crippen molar-refractivity contribution in [3.8, 4) is 28.1 Å². The second-order valence-electron chi connectivity index (χ2n) is 8.19. The van der Waals surface area contributed by atoms with Crippen molar-refractivity contribution in [2.24, 2.45) is 0 Å². The molecule has 0 radical (unpaired) electrons. The van der Waals surface area contributed by atoms with Crippen LogP contribution in [0.15, 0.2) is 109 Å². The van der Waals surface area contributed by atoms with E-state index >= 15 is 0 Å². The van der Waals surface area contributed by atoms with Crippen LogP contribution in [0, 0.1) is 12.1 Å². The smallest absolute Gasteiger partial charge is 0.305 e. The average molecular weight is 630 g/mol. The first kappa shape index (κ1) is 21.5. The van der Waals surface area contributed by atoms with Crippen LogP contribution < -0.4 is 0 Å². The molecule has 7 rings (SSSR count). The van der Waals surface area contributed by atoms with Gasteiger partial charge in [0.15, 0.2) is 0 Å². The first-order chi connectivity index (χ1) is 16.9. The van der Waals surface area contributed by atoms with E-state index < -0.39 is 0 Å². The number of pyridine rings is 1. The zero-order chi connectivity index (χ0) is 22.5. The van der Waals surface area contributed by atoms with Crippen molar-refractivity contribution in [1.82, 2.24) is 18.9 Å². The van der Waals surface area contributed by atoms with Crippen LogP contribution in [-0.2, 0) is 21.1 Å². The number of nitrogens with zero attached hydrogens (tertiary/aromatic N) is 4. The van der Waals surface area contributed by atoms with Crippen LogP contribution in [0.2, 0.25) is 0 Å². The molecule has 0 saturated carbocycles. The molecule has 35 heavy (non-hydrogen) atoms. The molecule has 0 fully saturated rings. The molecule has 0 saturated heterocycles. The minimum Gasteiger partial charge on any atom is -0.305 e. The summed E-state index contributed by atoms with van der Waals surface area (Å²) in [5, 5.41) is 0. The Morgan fingerprint density at radius 2 is 1.43 bits per heavy atom. The van der Waals surface area contributed by atoms with Crippen LogP contribution >= 0.6 is 0 Å². The summed E-state index contributed by atoms with van der Waals surface area (Å²) in [6.07, 6.45) is 1.81. The molecule has 3 aromatic heterocycles. The van der Waals surface area contributed by atoms with Crippen molar-refractivity contribution >= 4 is 27.8 Å². The topological polar surface area (TPSA) is 35.1 Å². The van der Waals surface area contributed by atoms with Gasteiger partial charge in [-0.05, 0) is 35.6 Å². The third-order valence-electron chi connectivity index (χ3n) is 6.19. The summed E-state index contributed by atoms with van der Waals surface area (Å²) in [7, 11) is 0. The molecule has 0 aliphatic carbocycles. The molecule has 0 aliphatic heterocycles. The Labute approximate surface area is 216 Å². The van der Waals surface area contributed by atoms with E-state index in [9.17, 15) is 0 Å². The monoisotopic (exact) mass is 629 g/mol. The fourth-order valence-electron chi connectivity index (χ4n) is 4.70. The molecule has 4 nitrogen and oxygen atoms in total. The van der Waals surface area contributed by atoms with Crippen molar-refractivity contribution in [2.45, 2.75) is 0 Å². The van der Waals surface area contributed by atoms with Crippen molar-refractivity contribution in [1.29, 1.82) is 0 Å². The Bertz CT molecular complexity index is 1800. The van der Waals surface area contributed by atoms with Gasteiger partial charge in [0.1, 0.15) is 0 Å². The first-order valence-corrected chi connectivity index (χ1v) is 11.2. The maximum Gasteiger partial charge on any atom is 2.00 e. The van der Waals surface area contributed by atoms with E-state index in [0.717, 1.165) is 55.9 Å². The van der Waals surface area contributed by atoms with Crippen LogP contribution in [0.3, 0.4) is 0 Å². The van der Waals surface area contributed by atoms with E-state index in [1.54, 1.807) is 0 Å². The van der Waals surface area contributed by atoms with Gasteiger partial charge in [0.05, 0.1) is 22.1 Å². The van der Waals surface area contributed by atoms with Gasteiger partial charge in [-0.2, -0.15) is 0 Å². The summed E-state index contributed by atoms with van der Waals surface area (Å²) in [6.45, 7) is 0. The van der Waals surface area contributed by atoms with Crippen LogP contribution in [0.4, 0.5) is 0 Å². The van der Waals surface area contributed by atoms with E-state index in [2.05, 4.69) is 80.7 Å². The molecule has 168 valence electrons. The normalized spacial score (nSPS) is 11.2. The van der Waals surface area contributed by atoms with E-state index in [4.69, 9.17) is 4.98 Å². The zero-order valence-electron chi connectivity index (χ0n) is 18.5. The van der Waals surface area contributed by atoms with Crippen molar-refractivity contribution in [2.75, 3.05) is 0 Å². The van der Waals surface area contributed by atoms with Crippen LogP contribution in [0.25, 0.3) is 55.9 Å². The average Bonchev–Trinajstić information content (AvgIpc) is 3.44. The van der Waals surface area contributed by atoms with Gasteiger partial charge in [-0.25, -0.2) is 4.98 Å². The van der Waals surface area contributed by atoms with Gasteiger partial charge >= 0.3 is 21.1 Å². The molecule has 4 aromatic carbocycles. The second-order valence-corrected chi connectivity index (χ2v) is 8.19. The van der Waals surface area contributed by atoms with Crippen LogP contribution in [0.5, 0.6) is 0 Å². The van der Waals surface area contributed by atoms with E-state index in [0.29, 0.717) is 0 Å². The maximum atomic E-state index is 5.18. The number of benzene rings is 4. The molecule has 3 heterocycles. The molecule has 5 heteroatoms. The molecule has 0 amide bonds. The molecule has 0 bridgehead atoms. The second kappa shape index (κ2) is 8.65. The predicted octanol–water partition coefficient (Wildman–Crippen LogP) is 6.76. The predicted molar refractivity (Wildman–Crippen MR) is 136 cm³/mol. The molecule has 0 N–H and O–H groups in total. The molecule has 0 unspecified atom stereocenters. The van der Waals surface area contributed by atoms with Gasteiger partial charge in [-0.3, -0.25) is 8.97 Å². The fourth-order valence-corrected chi connectivity index (χ4v) is 4.70. The molecule has 0 spiro atoms. The minimum absolute atomic E-state index is 0. The standard InChI is InChI=1S/C30H18N4.Pt/c1-2-10-21(11-3-1)24-14-9-18-28-29(24)32-30-33(26-16-4-5-17-27(26)34(28)30)23-13-8-12-22(20-23)25-15-6-7-19-31-25;/h1-10,12-19H;/q-2;+2. The van der Waals surface area contributed by atoms with Crippen LogP contribution in [-0.4, -0.2) is 18.9 Å². The van der Waals surface area contributed by atoms with Gasteiger partial charge in [0.2, 0.25) is 5.78 Å². The van der Waals surface area contributed by atoms with Crippen molar-refractivity contribution in [3.63, 3.8) is 0 Å². The van der Waals surface area contributed by atoms with Gasteiger partial charge in [-0.15, -0.1) is 65.7 Å². The summed E-state index contributed by atoms with van der Waals surface area (Å²) in [4.78, 5) is 9.69. The van der Waals surface area contributed by atoms with Gasteiger partial charge in [-0.1, -0.05) is 42.0 Å². The Morgan fingerprint density at radius 3 is 2.26 bits per heavy atom. The maximum absolute atomic E-state index is 5.18. The number of para-hydroxylation sites is 3. The molecular weight excluding hydrogens is 611 g/mol. The molecule has 0 atom stereocenters. The Balaban J connectivity index is 0.00000229. The largest absolute Gasteiger partial charge is 2.00 e. The first-order valence-electron chi connectivity index (χ1n) is 11.2. The third-order valence-corrected chi connectivity index (χ3v) is 6.19. The number of rotatable bonds is 3. The fraction of sp³-hybridized carbons (Fsp3) is 0. The van der Waals surface area contributed by atoms with Crippen molar-refractivity contribution < 1.29 is 21.1 Å². The number of aromatic nitrogens is 4. The molecule has 7 aromatic rings. The van der Waals surface area contributed by atoms with Crippen LogP contribution in [0.1, 0.15) is 0 Å². The minimum atomic E-state index is 0. The quantitative estimate of drug-likeness (QED) is 0.203. The van der Waals surface area contributed by atoms with Gasteiger partial charge in [0, 0.05) is 6.20 Å². The van der Waals surface area contributed by atoms with Crippen molar-refractivity contribution in [3.05, 3.63) is 121 Å². The summed E-state index contributed by atoms with van der Waals surface area (Å²) in [5.74, 6) is 0.856. The van der Waals surface area contributed by atoms with E-state index in [-0.39, 0.29) is 21.1 Å². The number of hydrogen-bond acceptors (Lipinski definition) is 2. The Morgan fingerprint density at radius 1 is 0.657 bits per heavy atom. The van der Waals surface area contributed by atoms with Gasteiger partial charge in [0.25, 0.3) is 0 Å². The van der Waals surface area contributed by atoms with E-state index in [1.807, 2.05) is 54.7 Å². The molecule has 0 aliphatic rings. The Hall–Kier alpha value is -4.01. The molecular formula is C30H18N4Pt. The summed E-state index contributed by atoms with van der Waals surface area (Å²) in [6, 6.07) is 41.8. The zero-order valence-corrected chi connectivity index (χ0v) is 20.8. The number of imidazole rings is 2.